The van der Waals surface area contributed by atoms with Crippen molar-refractivity contribution >= 4 is 29.3 Å². The molecule has 0 aliphatic carbocycles. The second kappa shape index (κ2) is 10.1. The number of carbonyl (C=O) groups is 4. The molecule has 8 nitrogen and oxygen atoms in total. The molecule has 1 unspecified atom stereocenters. The van der Waals surface area contributed by atoms with Crippen molar-refractivity contribution in [2.75, 3.05) is 11.9 Å². The average Bonchev–Trinajstić information content (AvgIpc) is 3.02. The molecule has 0 saturated carbocycles. The van der Waals surface area contributed by atoms with Crippen LogP contribution in [0.3, 0.4) is 0 Å². The Labute approximate surface area is 181 Å². The molecule has 0 radical (unpaired) electrons. The number of esters is 2. The highest BCUT2D eigenvalue weighted by Gasteiger charge is 2.26. The predicted molar refractivity (Wildman–Crippen MR) is 115 cm³/mol. The quantitative estimate of drug-likeness (QED) is 0.488. The molecule has 2 aromatic rings. The van der Waals surface area contributed by atoms with Crippen LogP contribution < -0.4 is 5.32 Å². The maximum atomic E-state index is 12.7. The van der Waals surface area contributed by atoms with Crippen LogP contribution in [0.25, 0.3) is 0 Å². The Bertz CT molecular complexity index is 988. The van der Waals surface area contributed by atoms with Crippen molar-refractivity contribution < 1.29 is 28.7 Å². The fraction of sp³-hybridized carbons (Fsp3) is 0.391. The highest BCUT2D eigenvalue weighted by atomic mass is 16.5. The number of hydrogen-bond acceptors (Lipinski definition) is 6. The lowest BCUT2D eigenvalue weighted by molar-refractivity contribution is -0.118. The minimum Gasteiger partial charge on any atom is -0.462 e. The van der Waals surface area contributed by atoms with Gasteiger partial charge in [0.15, 0.2) is 6.10 Å². The van der Waals surface area contributed by atoms with E-state index in [4.69, 9.17) is 9.47 Å². The number of benzene rings is 1. The normalized spacial score (nSPS) is 11.7. The van der Waals surface area contributed by atoms with Crippen LogP contribution in [0, 0.1) is 19.8 Å². The molecule has 0 bridgehead atoms. The Kier molecular flexibility index (Phi) is 7.74. The van der Waals surface area contributed by atoms with Gasteiger partial charge in [-0.1, -0.05) is 13.8 Å². The standard InChI is InChI=1S/C23H28N2O6/c1-7-30-22(28)18-13(4)19(24-14(18)5)23(29)31-15(6)20(26)16-8-10-17(11-9-16)25-21(27)12(2)3/h8-12,15,24H,7H2,1-6H3,(H,25,27). The molecule has 1 aromatic carbocycles. The van der Waals surface area contributed by atoms with Crippen molar-refractivity contribution in [3.8, 4) is 0 Å². The number of ether oxygens (including phenoxy) is 2. The Hall–Kier alpha value is -3.42. The summed E-state index contributed by atoms with van der Waals surface area (Å²) in [7, 11) is 0. The summed E-state index contributed by atoms with van der Waals surface area (Å²) < 4.78 is 10.3. The zero-order valence-electron chi connectivity index (χ0n) is 18.6. The number of Topliss-reactive ketones (excluding diaryl/α,β-unsaturated/α-hetero) is 1. The van der Waals surface area contributed by atoms with E-state index in [1.165, 1.54) is 6.92 Å². The van der Waals surface area contributed by atoms with Crippen molar-refractivity contribution in [3.63, 3.8) is 0 Å². The molecule has 1 heterocycles. The van der Waals surface area contributed by atoms with Crippen molar-refractivity contribution in [2.45, 2.75) is 47.6 Å². The predicted octanol–water partition coefficient (Wildman–Crippen LogP) is 3.83. The minimum atomic E-state index is -1.04. The summed E-state index contributed by atoms with van der Waals surface area (Å²) in [6, 6.07) is 6.36. The van der Waals surface area contributed by atoms with Gasteiger partial charge in [0, 0.05) is 22.9 Å². The van der Waals surface area contributed by atoms with E-state index in [0.717, 1.165) is 0 Å². The summed E-state index contributed by atoms with van der Waals surface area (Å²) in [5.74, 6) is -1.94. The van der Waals surface area contributed by atoms with Crippen LogP contribution in [0.4, 0.5) is 5.69 Å². The maximum absolute atomic E-state index is 12.7. The lowest BCUT2D eigenvalue weighted by Gasteiger charge is -2.13. The molecule has 1 atom stereocenters. The van der Waals surface area contributed by atoms with Crippen molar-refractivity contribution in [2.24, 2.45) is 5.92 Å². The van der Waals surface area contributed by atoms with E-state index >= 15 is 0 Å². The summed E-state index contributed by atoms with van der Waals surface area (Å²) in [5, 5.41) is 2.74. The van der Waals surface area contributed by atoms with Gasteiger partial charge >= 0.3 is 11.9 Å². The van der Waals surface area contributed by atoms with Crippen molar-refractivity contribution in [1.29, 1.82) is 0 Å². The number of hydrogen-bond donors (Lipinski definition) is 2. The van der Waals surface area contributed by atoms with Crippen LogP contribution in [0.2, 0.25) is 0 Å². The first-order valence-corrected chi connectivity index (χ1v) is 10.1. The van der Waals surface area contributed by atoms with Gasteiger partial charge in [0.25, 0.3) is 0 Å². The molecule has 0 fully saturated rings. The molecule has 0 spiro atoms. The summed E-state index contributed by atoms with van der Waals surface area (Å²) in [6.45, 7) is 10.2. The number of amides is 1. The van der Waals surface area contributed by atoms with E-state index in [9.17, 15) is 19.2 Å². The van der Waals surface area contributed by atoms with Crippen LogP contribution in [0.1, 0.15) is 70.2 Å². The third-order valence-corrected chi connectivity index (χ3v) is 4.74. The number of anilines is 1. The van der Waals surface area contributed by atoms with Crippen LogP contribution in [-0.2, 0) is 14.3 Å². The lowest BCUT2D eigenvalue weighted by atomic mass is 10.1. The molecular formula is C23H28N2O6. The summed E-state index contributed by atoms with van der Waals surface area (Å²) in [4.78, 5) is 51.9. The fourth-order valence-corrected chi connectivity index (χ4v) is 2.98. The number of aromatic amines is 1. The van der Waals surface area contributed by atoms with Crippen LogP contribution in [0.5, 0.6) is 0 Å². The van der Waals surface area contributed by atoms with Crippen molar-refractivity contribution in [1.82, 2.24) is 4.98 Å². The summed E-state index contributed by atoms with van der Waals surface area (Å²) in [5.41, 5.74) is 2.20. The maximum Gasteiger partial charge on any atom is 0.355 e. The number of carbonyl (C=O) groups excluding carboxylic acids is 4. The highest BCUT2D eigenvalue weighted by molar-refractivity contribution is 6.03. The van der Waals surface area contributed by atoms with E-state index in [1.807, 2.05) is 0 Å². The van der Waals surface area contributed by atoms with Crippen LogP contribution in [0.15, 0.2) is 24.3 Å². The molecule has 31 heavy (non-hydrogen) atoms. The average molecular weight is 428 g/mol. The third kappa shape index (κ3) is 5.59. The van der Waals surface area contributed by atoms with Gasteiger partial charge in [0.1, 0.15) is 5.69 Å². The molecule has 0 saturated heterocycles. The van der Waals surface area contributed by atoms with Gasteiger partial charge in [-0.05, 0) is 57.5 Å². The first-order chi connectivity index (χ1) is 14.6. The monoisotopic (exact) mass is 428 g/mol. The molecule has 166 valence electrons. The van der Waals surface area contributed by atoms with Crippen LogP contribution >= 0.6 is 0 Å². The number of rotatable bonds is 8. The highest BCUT2D eigenvalue weighted by Crippen LogP contribution is 2.21. The van der Waals surface area contributed by atoms with Gasteiger partial charge in [0.05, 0.1) is 12.2 Å². The van der Waals surface area contributed by atoms with E-state index in [-0.39, 0.29) is 35.5 Å². The first-order valence-electron chi connectivity index (χ1n) is 10.1. The minimum absolute atomic E-state index is 0.104. The van der Waals surface area contributed by atoms with Crippen LogP contribution in [-0.4, -0.2) is 41.3 Å². The van der Waals surface area contributed by atoms with Gasteiger partial charge < -0.3 is 19.8 Å². The number of H-pyrrole nitrogens is 1. The number of ketones is 1. The number of nitrogens with one attached hydrogen (secondary N) is 2. The van der Waals surface area contributed by atoms with Gasteiger partial charge in [-0.3, -0.25) is 9.59 Å². The smallest absolute Gasteiger partial charge is 0.355 e. The Balaban J connectivity index is 2.09. The Morgan fingerprint density at radius 3 is 2.16 bits per heavy atom. The van der Waals surface area contributed by atoms with E-state index in [1.54, 1.807) is 58.9 Å². The second-order valence-electron chi connectivity index (χ2n) is 7.48. The summed E-state index contributed by atoms with van der Waals surface area (Å²) >= 11 is 0. The van der Waals surface area contributed by atoms with E-state index < -0.39 is 18.0 Å². The zero-order chi connectivity index (χ0) is 23.3. The number of aromatic nitrogens is 1. The van der Waals surface area contributed by atoms with Gasteiger partial charge in [0.2, 0.25) is 11.7 Å². The first kappa shape index (κ1) is 23.9. The topological polar surface area (TPSA) is 115 Å². The van der Waals surface area contributed by atoms with E-state index in [0.29, 0.717) is 22.5 Å². The lowest BCUT2D eigenvalue weighted by Crippen LogP contribution is -2.25. The molecule has 2 rings (SSSR count). The van der Waals surface area contributed by atoms with E-state index in [2.05, 4.69) is 10.3 Å². The summed E-state index contributed by atoms with van der Waals surface area (Å²) in [6.07, 6.45) is -1.04. The van der Waals surface area contributed by atoms with Gasteiger partial charge in [-0.25, -0.2) is 9.59 Å². The SMILES string of the molecule is CCOC(=O)c1c(C)[nH]c(C(=O)OC(C)C(=O)c2ccc(NC(=O)C(C)C)cc2)c1C. The molecule has 2 N–H and O–H groups in total. The molecule has 0 aliphatic rings. The van der Waals surface area contributed by atoms with Crippen molar-refractivity contribution in [3.05, 3.63) is 52.3 Å². The zero-order valence-corrected chi connectivity index (χ0v) is 18.6. The molecule has 1 amide bonds. The molecule has 1 aromatic heterocycles. The molecular weight excluding hydrogens is 400 g/mol. The largest absolute Gasteiger partial charge is 0.462 e. The fourth-order valence-electron chi connectivity index (χ4n) is 2.98. The Morgan fingerprint density at radius 2 is 1.61 bits per heavy atom. The molecule has 0 aliphatic heterocycles. The second-order valence-corrected chi connectivity index (χ2v) is 7.48. The Morgan fingerprint density at radius 1 is 1.00 bits per heavy atom. The van der Waals surface area contributed by atoms with Gasteiger partial charge in [-0.15, -0.1) is 0 Å². The van der Waals surface area contributed by atoms with Gasteiger partial charge in [-0.2, -0.15) is 0 Å². The number of aryl methyl sites for hydroxylation is 1. The molecule has 8 heteroatoms. The third-order valence-electron chi connectivity index (χ3n) is 4.74.